The van der Waals surface area contributed by atoms with E-state index >= 15 is 0 Å². The summed E-state index contributed by atoms with van der Waals surface area (Å²) in [6, 6.07) is 4.29. The molecule has 0 radical (unpaired) electrons. The first kappa shape index (κ1) is 18.1. The molecule has 0 atom stereocenters. The van der Waals surface area contributed by atoms with Gasteiger partial charge in [-0.1, -0.05) is 0 Å². The number of benzene rings is 1. The van der Waals surface area contributed by atoms with Gasteiger partial charge in [-0.25, -0.2) is 4.79 Å². The van der Waals surface area contributed by atoms with Gasteiger partial charge in [0.25, 0.3) is 11.6 Å². The van der Waals surface area contributed by atoms with Crippen LogP contribution in [0.2, 0.25) is 0 Å². The highest BCUT2D eigenvalue weighted by Crippen LogP contribution is 2.32. The van der Waals surface area contributed by atoms with E-state index in [0.29, 0.717) is 5.69 Å². The van der Waals surface area contributed by atoms with Gasteiger partial charge in [-0.2, -0.15) is 0 Å². The van der Waals surface area contributed by atoms with E-state index in [2.05, 4.69) is 5.32 Å². The molecule has 26 heavy (non-hydrogen) atoms. The number of rotatable bonds is 5. The zero-order valence-electron chi connectivity index (χ0n) is 14.3. The number of anilines is 1. The normalized spacial score (nSPS) is 19.2. The van der Waals surface area contributed by atoms with Crippen LogP contribution in [0.4, 0.5) is 11.4 Å². The summed E-state index contributed by atoms with van der Waals surface area (Å²) in [5.41, 5.74) is -0.983. The summed E-state index contributed by atoms with van der Waals surface area (Å²) in [4.78, 5) is 37.1. The lowest BCUT2D eigenvalue weighted by atomic mass is 9.89. The third-order valence-electron chi connectivity index (χ3n) is 4.99. The lowest BCUT2D eigenvalue weighted by Crippen LogP contribution is -2.57. The SMILES string of the molecule is O=C(NC1(C(=O)O)CCOCC1)c1ccc(N2CCCC2)c([N+](=O)[O-])c1. The Hall–Kier alpha value is -2.68. The summed E-state index contributed by atoms with van der Waals surface area (Å²) in [7, 11) is 0. The highest BCUT2D eigenvalue weighted by molar-refractivity contribution is 5.99. The van der Waals surface area contributed by atoms with E-state index in [0.717, 1.165) is 25.9 Å². The highest BCUT2D eigenvalue weighted by Gasteiger charge is 2.42. The van der Waals surface area contributed by atoms with Crippen LogP contribution in [0, 0.1) is 10.1 Å². The molecule has 0 saturated carbocycles. The molecule has 2 saturated heterocycles. The monoisotopic (exact) mass is 363 g/mol. The average molecular weight is 363 g/mol. The summed E-state index contributed by atoms with van der Waals surface area (Å²) in [6.07, 6.45) is 2.26. The summed E-state index contributed by atoms with van der Waals surface area (Å²) in [6.45, 7) is 1.96. The maximum atomic E-state index is 12.6. The van der Waals surface area contributed by atoms with Gasteiger partial charge in [0.2, 0.25) is 0 Å². The van der Waals surface area contributed by atoms with Crippen LogP contribution >= 0.6 is 0 Å². The van der Waals surface area contributed by atoms with Gasteiger partial charge in [0.05, 0.1) is 4.92 Å². The first-order valence-electron chi connectivity index (χ1n) is 8.60. The zero-order valence-corrected chi connectivity index (χ0v) is 14.3. The minimum atomic E-state index is -1.41. The van der Waals surface area contributed by atoms with E-state index < -0.39 is 22.3 Å². The second-order valence-corrected chi connectivity index (χ2v) is 6.61. The van der Waals surface area contributed by atoms with Crippen LogP contribution in [0.3, 0.4) is 0 Å². The third kappa shape index (κ3) is 3.48. The number of carbonyl (C=O) groups excluding carboxylic acids is 1. The molecule has 1 amide bonds. The lowest BCUT2D eigenvalue weighted by Gasteiger charge is -2.33. The molecule has 0 bridgehead atoms. The zero-order chi connectivity index (χ0) is 18.7. The van der Waals surface area contributed by atoms with Crippen molar-refractivity contribution in [3.63, 3.8) is 0 Å². The van der Waals surface area contributed by atoms with Crippen LogP contribution in [-0.2, 0) is 9.53 Å². The topological polar surface area (TPSA) is 122 Å². The Kier molecular flexibility index (Phi) is 5.08. The largest absolute Gasteiger partial charge is 0.480 e. The molecule has 3 rings (SSSR count). The molecule has 1 aromatic rings. The number of amides is 1. The molecule has 1 aromatic carbocycles. The second-order valence-electron chi connectivity index (χ2n) is 6.61. The van der Waals surface area contributed by atoms with Gasteiger partial charge in [-0.05, 0) is 25.0 Å². The van der Waals surface area contributed by atoms with Crippen molar-refractivity contribution < 1.29 is 24.4 Å². The molecule has 0 unspecified atom stereocenters. The maximum Gasteiger partial charge on any atom is 0.329 e. The number of nitro benzene ring substituents is 1. The third-order valence-corrected chi connectivity index (χ3v) is 4.99. The Morgan fingerprint density at radius 1 is 1.23 bits per heavy atom. The van der Waals surface area contributed by atoms with E-state index in [1.807, 2.05) is 4.90 Å². The number of ether oxygens (including phenoxy) is 1. The number of nitrogens with one attached hydrogen (secondary N) is 1. The van der Waals surface area contributed by atoms with Crippen molar-refractivity contribution in [3.05, 3.63) is 33.9 Å². The standard InChI is InChI=1S/C17H21N3O6/c21-15(18-17(16(22)23)5-9-26-10-6-17)12-3-4-13(14(11-12)20(24)25)19-7-1-2-8-19/h3-4,11H,1-2,5-10H2,(H,18,21)(H,22,23). The Morgan fingerprint density at radius 2 is 1.88 bits per heavy atom. The summed E-state index contributed by atoms with van der Waals surface area (Å²) >= 11 is 0. The fourth-order valence-corrected chi connectivity index (χ4v) is 3.44. The molecule has 2 aliphatic rings. The summed E-state index contributed by atoms with van der Waals surface area (Å²) < 4.78 is 5.18. The highest BCUT2D eigenvalue weighted by atomic mass is 16.6. The summed E-state index contributed by atoms with van der Waals surface area (Å²) in [5.74, 6) is -1.76. The van der Waals surface area contributed by atoms with Crippen molar-refractivity contribution in [2.24, 2.45) is 0 Å². The molecule has 9 heteroatoms. The van der Waals surface area contributed by atoms with Crippen molar-refractivity contribution in [3.8, 4) is 0 Å². The molecule has 0 aromatic heterocycles. The molecular formula is C17H21N3O6. The number of hydrogen-bond donors (Lipinski definition) is 2. The molecule has 2 heterocycles. The lowest BCUT2D eigenvalue weighted by molar-refractivity contribution is -0.384. The minimum absolute atomic E-state index is 0.0757. The molecule has 9 nitrogen and oxygen atoms in total. The van der Waals surface area contributed by atoms with Crippen LogP contribution in [0.1, 0.15) is 36.0 Å². The maximum absolute atomic E-state index is 12.6. The molecule has 2 aliphatic heterocycles. The fourth-order valence-electron chi connectivity index (χ4n) is 3.44. The van der Waals surface area contributed by atoms with Gasteiger partial charge in [0.1, 0.15) is 11.2 Å². The van der Waals surface area contributed by atoms with Gasteiger partial charge < -0.3 is 20.1 Å². The van der Waals surface area contributed by atoms with E-state index in [9.17, 15) is 24.8 Å². The molecule has 0 spiro atoms. The van der Waals surface area contributed by atoms with Crippen LogP contribution in [0.5, 0.6) is 0 Å². The van der Waals surface area contributed by atoms with Crippen LogP contribution in [0.25, 0.3) is 0 Å². The first-order chi connectivity index (χ1) is 12.4. The van der Waals surface area contributed by atoms with Crippen molar-refractivity contribution in [2.45, 2.75) is 31.2 Å². The van der Waals surface area contributed by atoms with Crippen LogP contribution < -0.4 is 10.2 Å². The van der Waals surface area contributed by atoms with Crippen LogP contribution in [-0.4, -0.2) is 53.7 Å². The number of carboxylic acids is 1. The molecule has 140 valence electrons. The van der Waals surface area contributed by atoms with Crippen molar-refractivity contribution in [2.75, 3.05) is 31.2 Å². The number of carboxylic acid groups (broad SMARTS) is 1. The Balaban J connectivity index is 1.86. The predicted molar refractivity (Wildman–Crippen MR) is 92.4 cm³/mol. The van der Waals surface area contributed by atoms with E-state index in [-0.39, 0.29) is 37.3 Å². The van der Waals surface area contributed by atoms with Gasteiger partial charge in [0.15, 0.2) is 0 Å². The number of nitrogens with zero attached hydrogens (tertiary/aromatic N) is 2. The molecular weight excluding hydrogens is 342 g/mol. The predicted octanol–water partition coefficient (Wildman–Crippen LogP) is 1.56. The molecule has 0 aliphatic carbocycles. The van der Waals surface area contributed by atoms with Crippen molar-refractivity contribution in [1.82, 2.24) is 5.32 Å². The molecule has 2 fully saturated rings. The van der Waals surface area contributed by atoms with E-state index in [1.165, 1.54) is 12.1 Å². The Bertz CT molecular complexity index is 723. The van der Waals surface area contributed by atoms with E-state index in [1.54, 1.807) is 6.07 Å². The van der Waals surface area contributed by atoms with Gasteiger partial charge in [-0.15, -0.1) is 0 Å². The number of nitro groups is 1. The minimum Gasteiger partial charge on any atom is -0.480 e. The van der Waals surface area contributed by atoms with Gasteiger partial charge in [-0.3, -0.25) is 14.9 Å². The van der Waals surface area contributed by atoms with Gasteiger partial charge in [0, 0.05) is 50.8 Å². The Labute approximate surface area is 150 Å². The Morgan fingerprint density at radius 3 is 2.46 bits per heavy atom. The van der Waals surface area contributed by atoms with Gasteiger partial charge >= 0.3 is 5.97 Å². The van der Waals surface area contributed by atoms with Crippen molar-refractivity contribution in [1.29, 1.82) is 0 Å². The number of carbonyl (C=O) groups is 2. The average Bonchev–Trinajstić information content (AvgIpc) is 3.16. The van der Waals surface area contributed by atoms with Crippen molar-refractivity contribution >= 4 is 23.3 Å². The number of hydrogen-bond acceptors (Lipinski definition) is 6. The smallest absolute Gasteiger partial charge is 0.329 e. The first-order valence-corrected chi connectivity index (χ1v) is 8.60. The van der Waals surface area contributed by atoms with Crippen LogP contribution in [0.15, 0.2) is 18.2 Å². The quantitative estimate of drug-likeness (QED) is 0.601. The number of aliphatic carboxylic acids is 1. The molecule has 2 N–H and O–H groups in total. The fraction of sp³-hybridized carbons (Fsp3) is 0.529. The van der Waals surface area contributed by atoms with E-state index in [4.69, 9.17) is 4.74 Å². The second kappa shape index (κ2) is 7.28. The summed E-state index contributed by atoms with van der Waals surface area (Å²) in [5, 5.41) is 23.5.